The van der Waals surface area contributed by atoms with Gasteiger partial charge in [-0.05, 0) is 36.4 Å². The number of benzene rings is 2. The summed E-state index contributed by atoms with van der Waals surface area (Å²) in [6.45, 7) is 1.08. The van der Waals surface area contributed by atoms with E-state index in [9.17, 15) is 22.8 Å². The summed E-state index contributed by atoms with van der Waals surface area (Å²) >= 11 is 0. The van der Waals surface area contributed by atoms with Crippen molar-refractivity contribution >= 4 is 39.3 Å². The Kier molecular flexibility index (Phi) is 6.16. The molecule has 0 aliphatic rings. The zero-order chi connectivity index (χ0) is 23.5. The maximum atomic E-state index is 12.7. The van der Waals surface area contributed by atoms with E-state index in [1.165, 1.54) is 36.5 Å². The second-order valence-corrected chi connectivity index (χ2v) is 8.26. The first kappa shape index (κ1) is 22.4. The van der Waals surface area contributed by atoms with E-state index in [4.69, 9.17) is 11.5 Å². The number of carbonyl (C=O) groups excluding carboxylic acids is 3. The van der Waals surface area contributed by atoms with Crippen LogP contribution in [0.1, 0.15) is 27.8 Å². The highest BCUT2D eigenvalue weighted by atomic mass is 32.2. The molecular weight excluding hydrogens is 436 g/mol. The fourth-order valence-corrected chi connectivity index (χ4v) is 3.68. The first-order chi connectivity index (χ1) is 15.1. The van der Waals surface area contributed by atoms with Crippen molar-refractivity contribution in [3.05, 3.63) is 66.0 Å². The maximum Gasteiger partial charge on any atom is 0.278 e. The number of sulfonamides is 1. The summed E-state index contributed by atoms with van der Waals surface area (Å²) in [4.78, 5) is 43.2. The lowest BCUT2D eigenvalue weighted by atomic mass is 10.1. The lowest BCUT2D eigenvalue weighted by Gasteiger charge is -2.10. The Hall–Kier alpha value is -4.32. The summed E-state index contributed by atoms with van der Waals surface area (Å²) in [6, 6.07) is 11.5. The number of hydrogen-bond acceptors (Lipinski definition) is 8. The monoisotopic (exact) mass is 454 g/mol. The van der Waals surface area contributed by atoms with Gasteiger partial charge in [0.05, 0.1) is 16.8 Å². The molecule has 0 bridgehead atoms. The Morgan fingerprint density at radius 2 is 1.72 bits per heavy atom. The van der Waals surface area contributed by atoms with Crippen LogP contribution >= 0.6 is 0 Å². The summed E-state index contributed by atoms with van der Waals surface area (Å²) in [5, 5.41) is 2.55. The molecule has 11 nitrogen and oxygen atoms in total. The standard InChI is InChI=1S/C20H18N6O5S/c1-11(27)26-32(30,31)15-7-5-14(6-8-15)24-20(29)17-18(21)23-10-16(25-17)12-3-2-4-13(9-12)19(22)28/h2-10H,1H3,(H2,21,23)(H2,22,28)(H,24,29)(H,26,27). The van der Waals surface area contributed by atoms with E-state index in [1.807, 2.05) is 4.72 Å². The van der Waals surface area contributed by atoms with Crippen LogP contribution in [-0.4, -0.2) is 36.1 Å². The minimum absolute atomic E-state index is 0.123. The molecule has 12 heteroatoms. The normalized spacial score (nSPS) is 10.9. The molecule has 0 fully saturated rings. The number of carbonyl (C=O) groups is 3. The maximum absolute atomic E-state index is 12.7. The summed E-state index contributed by atoms with van der Waals surface area (Å²) in [5.74, 6) is -2.14. The topological polar surface area (TPSA) is 187 Å². The molecule has 0 spiro atoms. The number of rotatable bonds is 6. The smallest absolute Gasteiger partial charge is 0.278 e. The van der Waals surface area contributed by atoms with Crippen LogP contribution in [0, 0.1) is 0 Å². The molecule has 3 rings (SSSR count). The minimum atomic E-state index is -4.00. The van der Waals surface area contributed by atoms with Crippen LogP contribution in [0.2, 0.25) is 0 Å². The van der Waals surface area contributed by atoms with Crippen molar-refractivity contribution in [1.82, 2.24) is 14.7 Å². The SMILES string of the molecule is CC(=O)NS(=O)(=O)c1ccc(NC(=O)c2nc(-c3cccc(C(N)=O)c3)cnc2N)cc1. The van der Waals surface area contributed by atoms with Crippen LogP contribution in [0.5, 0.6) is 0 Å². The van der Waals surface area contributed by atoms with Gasteiger partial charge in [0.15, 0.2) is 11.5 Å². The summed E-state index contributed by atoms with van der Waals surface area (Å²) in [5.41, 5.74) is 12.3. The number of nitrogen functional groups attached to an aromatic ring is 1. The fraction of sp³-hybridized carbons (Fsp3) is 0.0500. The van der Waals surface area contributed by atoms with E-state index in [1.54, 1.807) is 18.2 Å². The van der Waals surface area contributed by atoms with Gasteiger partial charge in [-0.1, -0.05) is 12.1 Å². The zero-order valence-corrected chi connectivity index (χ0v) is 17.5. The second kappa shape index (κ2) is 8.81. The third-order valence-corrected chi connectivity index (χ3v) is 5.61. The number of aromatic nitrogens is 2. The molecule has 3 aromatic rings. The van der Waals surface area contributed by atoms with Gasteiger partial charge in [0.2, 0.25) is 11.8 Å². The molecule has 0 aliphatic carbocycles. The van der Waals surface area contributed by atoms with Crippen molar-refractivity contribution in [1.29, 1.82) is 0 Å². The predicted octanol–water partition coefficient (Wildman–Crippen LogP) is 0.902. The molecule has 1 heterocycles. The van der Waals surface area contributed by atoms with E-state index in [0.717, 1.165) is 6.92 Å². The van der Waals surface area contributed by atoms with Crippen molar-refractivity contribution in [2.24, 2.45) is 5.73 Å². The van der Waals surface area contributed by atoms with Gasteiger partial charge < -0.3 is 16.8 Å². The number of nitrogens with two attached hydrogens (primary N) is 2. The summed E-state index contributed by atoms with van der Waals surface area (Å²) < 4.78 is 25.8. The molecule has 32 heavy (non-hydrogen) atoms. The van der Waals surface area contributed by atoms with Crippen LogP contribution in [0.15, 0.2) is 59.6 Å². The average molecular weight is 454 g/mol. The molecule has 3 amide bonds. The van der Waals surface area contributed by atoms with Crippen LogP contribution in [-0.2, 0) is 14.8 Å². The van der Waals surface area contributed by atoms with E-state index >= 15 is 0 Å². The first-order valence-corrected chi connectivity index (χ1v) is 10.5. The van der Waals surface area contributed by atoms with Crippen LogP contribution < -0.4 is 21.5 Å². The molecular formula is C20H18N6O5S. The van der Waals surface area contributed by atoms with Gasteiger partial charge in [-0.2, -0.15) is 0 Å². The Bertz CT molecular complexity index is 1320. The van der Waals surface area contributed by atoms with Gasteiger partial charge in [-0.15, -0.1) is 0 Å². The molecule has 0 atom stereocenters. The van der Waals surface area contributed by atoms with Crippen molar-refractivity contribution < 1.29 is 22.8 Å². The largest absolute Gasteiger partial charge is 0.382 e. The molecule has 2 aromatic carbocycles. The van der Waals surface area contributed by atoms with E-state index in [-0.39, 0.29) is 27.7 Å². The molecule has 164 valence electrons. The van der Waals surface area contributed by atoms with Crippen molar-refractivity contribution in [2.45, 2.75) is 11.8 Å². The number of amides is 3. The number of hydrogen-bond donors (Lipinski definition) is 4. The zero-order valence-electron chi connectivity index (χ0n) is 16.7. The Morgan fingerprint density at radius 3 is 2.34 bits per heavy atom. The molecule has 0 saturated heterocycles. The third-order valence-electron chi connectivity index (χ3n) is 4.16. The molecule has 0 aliphatic heterocycles. The van der Waals surface area contributed by atoms with Crippen LogP contribution in [0.3, 0.4) is 0 Å². The average Bonchev–Trinajstić information content (AvgIpc) is 2.73. The molecule has 1 aromatic heterocycles. The minimum Gasteiger partial charge on any atom is -0.382 e. The van der Waals surface area contributed by atoms with Gasteiger partial charge in [-0.3, -0.25) is 14.4 Å². The van der Waals surface area contributed by atoms with Gasteiger partial charge in [0.1, 0.15) is 0 Å². The van der Waals surface area contributed by atoms with Crippen molar-refractivity contribution in [3.8, 4) is 11.3 Å². The molecule has 6 N–H and O–H groups in total. The summed E-state index contributed by atoms with van der Waals surface area (Å²) in [7, 11) is -4.00. The summed E-state index contributed by atoms with van der Waals surface area (Å²) in [6.07, 6.45) is 1.36. The van der Waals surface area contributed by atoms with Gasteiger partial charge in [-0.25, -0.2) is 23.1 Å². The van der Waals surface area contributed by atoms with Crippen molar-refractivity contribution in [3.63, 3.8) is 0 Å². The Labute approximate surface area is 182 Å². The van der Waals surface area contributed by atoms with Crippen LogP contribution in [0.25, 0.3) is 11.3 Å². The highest BCUT2D eigenvalue weighted by molar-refractivity contribution is 7.90. The molecule has 0 unspecified atom stereocenters. The lowest BCUT2D eigenvalue weighted by Crippen LogP contribution is -2.28. The lowest BCUT2D eigenvalue weighted by molar-refractivity contribution is -0.117. The molecule has 0 saturated carbocycles. The fourth-order valence-electron chi connectivity index (χ4n) is 2.69. The highest BCUT2D eigenvalue weighted by Gasteiger charge is 2.18. The van der Waals surface area contributed by atoms with Gasteiger partial charge in [0.25, 0.3) is 15.9 Å². The molecule has 0 radical (unpaired) electrons. The van der Waals surface area contributed by atoms with E-state index in [2.05, 4.69) is 15.3 Å². The number of anilines is 2. The number of primary amides is 1. The third kappa shape index (κ3) is 5.05. The van der Waals surface area contributed by atoms with Gasteiger partial charge >= 0.3 is 0 Å². The highest BCUT2D eigenvalue weighted by Crippen LogP contribution is 2.21. The van der Waals surface area contributed by atoms with E-state index in [0.29, 0.717) is 11.3 Å². The van der Waals surface area contributed by atoms with Crippen LogP contribution in [0.4, 0.5) is 11.5 Å². The number of nitrogens with zero attached hydrogens (tertiary/aromatic N) is 2. The predicted molar refractivity (Wildman–Crippen MR) is 116 cm³/mol. The second-order valence-electron chi connectivity index (χ2n) is 6.57. The Balaban J connectivity index is 1.84. The first-order valence-electron chi connectivity index (χ1n) is 9.04. The Morgan fingerprint density at radius 1 is 1.03 bits per heavy atom. The quantitative estimate of drug-likeness (QED) is 0.423. The number of nitrogens with one attached hydrogen (secondary N) is 2. The van der Waals surface area contributed by atoms with E-state index < -0.39 is 27.7 Å². The van der Waals surface area contributed by atoms with Crippen molar-refractivity contribution in [2.75, 3.05) is 11.1 Å². The van der Waals surface area contributed by atoms with Gasteiger partial charge in [0, 0.05) is 23.7 Å².